The van der Waals surface area contributed by atoms with Crippen LogP contribution in [0.5, 0.6) is 0 Å². The highest BCUT2D eigenvalue weighted by Gasteiger charge is 2.13. The van der Waals surface area contributed by atoms with Crippen LogP contribution in [0.2, 0.25) is 0 Å². The Bertz CT molecular complexity index is 964. The van der Waals surface area contributed by atoms with E-state index in [0.717, 1.165) is 21.1 Å². The number of aromatic nitrogens is 1. The van der Waals surface area contributed by atoms with Gasteiger partial charge in [0.25, 0.3) is 0 Å². The average Bonchev–Trinajstić information content (AvgIpc) is 2.96. The first-order valence-electron chi connectivity index (χ1n) is 8.05. The third kappa shape index (κ3) is 4.21. The molecule has 4 nitrogen and oxygen atoms in total. The van der Waals surface area contributed by atoms with E-state index in [1.165, 1.54) is 30.4 Å². The molecule has 0 aliphatic heterocycles. The first-order chi connectivity index (χ1) is 12.4. The molecule has 132 valence electrons. The summed E-state index contributed by atoms with van der Waals surface area (Å²) in [6, 6.07) is 13.0. The topological polar surface area (TPSA) is 59.1 Å². The Balaban J connectivity index is 1.72. The van der Waals surface area contributed by atoms with Crippen molar-refractivity contribution in [1.29, 1.82) is 0 Å². The number of halogens is 1. The molecule has 0 aliphatic rings. The van der Waals surface area contributed by atoms with Gasteiger partial charge in [0.15, 0.2) is 5.78 Å². The monoisotopic (exact) mass is 368 g/mol. The summed E-state index contributed by atoms with van der Waals surface area (Å²) in [4.78, 5) is 29.1. The van der Waals surface area contributed by atoms with Crippen LogP contribution in [0, 0.1) is 12.7 Å². The van der Waals surface area contributed by atoms with E-state index in [4.69, 9.17) is 0 Å². The highest BCUT2D eigenvalue weighted by atomic mass is 32.1. The highest BCUT2D eigenvalue weighted by molar-refractivity contribution is 7.15. The van der Waals surface area contributed by atoms with Gasteiger partial charge < -0.3 is 5.32 Å². The van der Waals surface area contributed by atoms with Crippen molar-refractivity contribution in [3.63, 3.8) is 0 Å². The number of carbonyl (C=O) groups excluding carboxylic acids is 2. The number of hydrogen-bond acceptors (Lipinski definition) is 4. The maximum Gasteiger partial charge on any atom is 0.229 e. The summed E-state index contributed by atoms with van der Waals surface area (Å²) in [6.07, 6.45) is 0.189. The summed E-state index contributed by atoms with van der Waals surface area (Å²) in [5.74, 6) is -0.527. The smallest absolute Gasteiger partial charge is 0.229 e. The van der Waals surface area contributed by atoms with E-state index >= 15 is 0 Å². The molecule has 0 bridgehead atoms. The standard InChI is InChI=1S/C20H17FN2O2S/c1-12-18(26-20(22-12)14-6-8-16(21)9-7-14)11-19(25)23-17-5-3-4-15(10-17)13(2)24/h3-10H,11H2,1-2H3,(H,23,25). The van der Waals surface area contributed by atoms with Crippen LogP contribution in [-0.4, -0.2) is 16.7 Å². The second kappa shape index (κ2) is 7.58. The van der Waals surface area contributed by atoms with Gasteiger partial charge in [0.05, 0.1) is 12.1 Å². The molecule has 0 saturated carbocycles. The number of thiazole rings is 1. The first-order valence-corrected chi connectivity index (χ1v) is 8.87. The normalized spacial score (nSPS) is 10.6. The Morgan fingerprint density at radius 3 is 2.58 bits per heavy atom. The van der Waals surface area contributed by atoms with Crippen LogP contribution in [0.15, 0.2) is 48.5 Å². The van der Waals surface area contributed by atoms with Gasteiger partial charge in [-0.2, -0.15) is 0 Å². The van der Waals surface area contributed by atoms with Gasteiger partial charge in [0.2, 0.25) is 5.91 Å². The van der Waals surface area contributed by atoms with Crippen molar-refractivity contribution in [3.8, 4) is 10.6 Å². The Kier molecular flexibility index (Phi) is 5.23. The zero-order chi connectivity index (χ0) is 18.7. The molecule has 0 fully saturated rings. The summed E-state index contributed by atoms with van der Waals surface area (Å²) < 4.78 is 13.1. The van der Waals surface area contributed by atoms with Crippen LogP contribution < -0.4 is 5.32 Å². The zero-order valence-corrected chi connectivity index (χ0v) is 15.2. The molecule has 1 aromatic heterocycles. The Morgan fingerprint density at radius 2 is 1.88 bits per heavy atom. The van der Waals surface area contributed by atoms with Crippen LogP contribution in [0.4, 0.5) is 10.1 Å². The van der Waals surface area contributed by atoms with Crippen molar-refractivity contribution in [1.82, 2.24) is 4.98 Å². The molecule has 3 rings (SSSR count). The Labute approximate surface area is 154 Å². The predicted octanol–water partition coefficient (Wildman–Crippen LogP) is 4.64. The van der Waals surface area contributed by atoms with Gasteiger partial charge in [0, 0.05) is 21.7 Å². The second-order valence-electron chi connectivity index (χ2n) is 5.90. The minimum atomic E-state index is -0.297. The SMILES string of the molecule is CC(=O)c1cccc(NC(=O)Cc2sc(-c3ccc(F)cc3)nc2C)c1. The van der Waals surface area contributed by atoms with Crippen LogP contribution in [-0.2, 0) is 11.2 Å². The van der Waals surface area contributed by atoms with E-state index in [1.807, 2.05) is 6.92 Å². The fourth-order valence-electron chi connectivity index (χ4n) is 2.47. The molecule has 1 heterocycles. The molecule has 6 heteroatoms. The van der Waals surface area contributed by atoms with Crippen molar-refractivity contribution in [2.75, 3.05) is 5.32 Å². The molecular formula is C20H17FN2O2S. The van der Waals surface area contributed by atoms with Gasteiger partial charge in [0.1, 0.15) is 10.8 Å². The summed E-state index contributed by atoms with van der Waals surface area (Å²) in [7, 11) is 0. The van der Waals surface area contributed by atoms with E-state index in [-0.39, 0.29) is 23.9 Å². The van der Waals surface area contributed by atoms with Gasteiger partial charge in [-0.05, 0) is 50.2 Å². The van der Waals surface area contributed by atoms with Crippen LogP contribution in [0.25, 0.3) is 10.6 Å². The number of nitrogens with zero attached hydrogens (tertiary/aromatic N) is 1. The number of rotatable bonds is 5. The number of carbonyl (C=O) groups is 2. The molecule has 0 spiro atoms. The summed E-state index contributed by atoms with van der Waals surface area (Å²) in [5.41, 5.74) is 2.74. The Hall–Kier alpha value is -2.86. The lowest BCUT2D eigenvalue weighted by Crippen LogP contribution is -2.14. The van der Waals surface area contributed by atoms with Crippen LogP contribution in [0.1, 0.15) is 27.9 Å². The molecule has 3 aromatic rings. The summed E-state index contributed by atoms with van der Waals surface area (Å²) >= 11 is 1.42. The maximum atomic E-state index is 13.1. The maximum absolute atomic E-state index is 13.1. The first kappa shape index (κ1) is 17.9. The molecule has 1 N–H and O–H groups in total. The molecule has 0 atom stereocenters. The Morgan fingerprint density at radius 1 is 1.15 bits per heavy atom. The second-order valence-corrected chi connectivity index (χ2v) is 6.98. The van der Waals surface area contributed by atoms with Crippen molar-refractivity contribution < 1.29 is 14.0 Å². The van der Waals surface area contributed by atoms with Crippen LogP contribution in [0.3, 0.4) is 0 Å². The average molecular weight is 368 g/mol. The molecule has 0 saturated heterocycles. The largest absolute Gasteiger partial charge is 0.326 e. The summed E-state index contributed by atoms with van der Waals surface area (Å²) in [6.45, 7) is 3.33. The van der Waals surface area contributed by atoms with E-state index in [1.54, 1.807) is 36.4 Å². The minimum Gasteiger partial charge on any atom is -0.326 e. The fourth-order valence-corrected chi connectivity index (χ4v) is 3.54. The molecule has 0 radical (unpaired) electrons. The van der Waals surface area contributed by atoms with Gasteiger partial charge in [-0.1, -0.05) is 12.1 Å². The molecular weight excluding hydrogens is 351 g/mol. The van der Waals surface area contributed by atoms with E-state index in [2.05, 4.69) is 10.3 Å². The number of amides is 1. The fraction of sp³-hybridized carbons (Fsp3) is 0.150. The van der Waals surface area contributed by atoms with Gasteiger partial charge in [-0.15, -0.1) is 11.3 Å². The molecule has 26 heavy (non-hydrogen) atoms. The van der Waals surface area contributed by atoms with Crippen molar-refractivity contribution in [2.45, 2.75) is 20.3 Å². The number of hydrogen-bond donors (Lipinski definition) is 1. The highest BCUT2D eigenvalue weighted by Crippen LogP contribution is 2.28. The predicted molar refractivity (Wildman–Crippen MR) is 101 cm³/mol. The third-order valence-corrected chi connectivity index (χ3v) is 5.06. The number of nitrogens with one attached hydrogen (secondary N) is 1. The lowest BCUT2D eigenvalue weighted by atomic mass is 10.1. The number of anilines is 1. The minimum absolute atomic E-state index is 0.0525. The van der Waals surface area contributed by atoms with E-state index < -0.39 is 0 Å². The zero-order valence-electron chi connectivity index (χ0n) is 14.4. The lowest BCUT2D eigenvalue weighted by molar-refractivity contribution is -0.115. The van der Waals surface area contributed by atoms with E-state index in [9.17, 15) is 14.0 Å². The van der Waals surface area contributed by atoms with Gasteiger partial charge in [-0.3, -0.25) is 9.59 Å². The number of benzene rings is 2. The number of aryl methyl sites for hydroxylation is 1. The van der Waals surface area contributed by atoms with Crippen molar-refractivity contribution in [3.05, 3.63) is 70.5 Å². The van der Waals surface area contributed by atoms with Gasteiger partial charge >= 0.3 is 0 Å². The molecule has 1 amide bonds. The molecule has 0 unspecified atom stereocenters. The van der Waals surface area contributed by atoms with Crippen LogP contribution >= 0.6 is 11.3 Å². The van der Waals surface area contributed by atoms with Crippen molar-refractivity contribution >= 4 is 28.7 Å². The third-order valence-electron chi connectivity index (χ3n) is 3.86. The number of Topliss-reactive ketones (excluding diaryl/α,β-unsaturated/α-hetero) is 1. The quantitative estimate of drug-likeness (QED) is 0.668. The summed E-state index contributed by atoms with van der Waals surface area (Å²) in [5, 5.41) is 3.56. The lowest BCUT2D eigenvalue weighted by Gasteiger charge is -2.06. The molecule has 0 aliphatic carbocycles. The van der Waals surface area contributed by atoms with E-state index in [0.29, 0.717) is 11.3 Å². The van der Waals surface area contributed by atoms with Gasteiger partial charge in [-0.25, -0.2) is 9.37 Å². The van der Waals surface area contributed by atoms with Crippen molar-refractivity contribution in [2.24, 2.45) is 0 Å². The number of ketones is 1. The molecule has 2 aromatic carbocycles.